The fraction of sp³-hybridized carbons (Fsp3) is 0.500. The molecule has 0 aromatic rings. The molecule has 0 aliphatic carbocycles. The van der Waals surface area contributed by atoms with Gasteiger partial charge >= 0.3 is 5.97 Å². The van der Waals surface area contributed by atoms with Crippen molar-refractivity contribution in [2.75, 3.05) is 12.4 Å². The monoisotopic (exact) mass is 218 g/mol. The molecule has 7 heteroatoms. The fourth-order valence-electron chi connectivity index (χ4n) is 0.363. The quantitative estimate of drug-likeness (QED) is 0.301. The number of hydrogen-bond acceptors (Lipinski definition) is 4. The van der Waals surface area contributed by atoms with E-state index in [1.54, 1.807) is 0 Å². The number of esters is 1. The Balaban J connectivity index is 0. The van der Waals surface area contributed by atoms with Crippen LogP contribution in [0.4, 0.5) is 0 Å². The second kappa shape index (κ2) is 6.36. The molecule has 0 saturated heterocycles. The van der Waals surface area contributed by atoms with Gasteiger partial charge in [0.05, 0.1) is 0 Å². The van der Waals surface area contributed by atoms with Gasteiger partial charge in [0.1, 0.15) is 12.4 Å². The molecule has 0 aliphatic heterocycles. The van der Waals surface area contributed by atoms with Gasteiger partial charge in [0.2, 0.25) is 0 Å². The molecule has 13 heavy (non-hydrogen) atoms. The maximum atomic E-state index is 10.6. The van der Waals surface area contributed by atoms with Crippen molar-refractivity contribution in [1.82, 2.24) is 0 Å². The van der Waals surface area contributed by atoms with Crippen molar-refractivity contribution in [3.63, 3.8) is 0 Å². The minimum absolute atomic E-state index is 0. The lowest BCUT2D eigenvalue weighted by Crippen LogP contribution is -2.14. The molecule has 0 amide bonds. The summed E-state index contributed by atoms with van der Waals surface area (Å²) >= 11 is 0. The van der Waals surface area contributed by atoms with Crippen LogP contribution in [0, 0.1) is 0 Å². The van der Waals surface area contributed by atoms with E-state index < -0.39 is 21.8 Å². The van der Waals surface area contributed by atoms with Crippen LogP contribution in [0.5, 0.6) is 0 Å². The van der Waals surface area contributed by atoms with E-state index in [4.69, 9.17) is 4.55 Å². The Labute approximate surface area is 93.0 Å². The summed E-state index contributed by atoms with van der Waals surface area (Å²) in [6.45, 7) is 4.37. The van der Waals surface area contributed by atoms with Crippen molar-refractivity contribution >= 4 is 39.1 Å². The van der Waals surface area contributed by atoms with Crippen LogP contribution < -0.4 is 0 Å². The van der Waals surface area contributed by atoms with Gasteiger partial charge in [-0.25, -0.2) is 4.79 Å². The average molecular weight is 219 g/mol. The Kier molecular flexibility index (Phi) is 7.51. The normalized spacial score (nSPS) is 10.0. The molecule has 0 saturated carbocycles. The molecule has 5 nitrogen and oxygen atoms in total. The van der Waals surface area contributed by atoms with Crippen LogP contribution >= 0.6 is 0 Å². The van der Waals surface area contributed by atoms with Gasteiger partial charge in [-0.05, 0) is 6.92 Å². The molecular formula is C6H10MgO5S. The lowest BCUT2D eigenvalue weighted by atomic mass is 10.4. The van der Waals surface area contributed by atoms with E-state index in [1.807, 2.05) is 0 Å². The highest BCUT2D eigenvalue weighted by molar-refractivity contribution is 7.85. The molecule has 0 rings (SSSR count). The minimum Gasteiger partial charge on any atom is -0.461 e. The molecule has 0 fully saturated rings. The molecule has 0 unspecified atom stereocenters. The summed E-state index contributed by atoms with van der Waals surface area (Å²) in [4.78, 5) is 10.6. The second-order valence-corrected chi connectivity index (χ2v) is 3.77. The summed E-state index contributed by atoms with van der Waals surface area (Å²) in [6.07, 6.45) is 0. The zero-order chi connectivity index (χ0) is 9.78. The van der Waals surface area contributed by atoms with E-state index in [0.29, 0.717) is 0 Å². The Morgan fingerprint density at radius 2 is 2.00 bits per heavy atom. The summed E-state index contributed by atoms with van der Waals surface area (Å²) in [7, 11) is -4.05. The number of carbonyl (C=O) groups is 1. The molecule has 0 heterocycles. The Hall–Kier alpha value is -0.114. The highest BCUT2D eigenvalue weighted by Crippen LogP contribution is 1.92. The highest BCUT2D eigenvalue weighted by Gasteiger charge is 2.07. The summed E-state index contributed by atoms with van der Waals surface area (Å²) in [5.74, 6) is -1.26. The Bertz CT molecular complexity index is 281. The zero-order valence-corrected chi connectivity index (χ0v) is 9.55. The van der Waals surface area contributed by atoms with Crippen molar-refractivity contribution in [2.45, 2.75) is 6.92 Å². The third-order valence-electron chi connectivity index (χ3n) is 0.923. The molecule has 0 aromatic heterocycles. The summed E-state index contributed by atoms with van der Waals surface area (Å²) in [5.41, 5.74) is 0.185. The third kappa shape index (κ3) is 9.80. The first kappa shape index (κ1) is 15.4. The van der Waals surface area contributed by atoms with Crippen LogP contribution in [0.15, 0.2) is 12.2 Å². The number of hydrogen-bond donors (Lipinski definition) is 1. The molecular weight excluding hydrogens is 208 g/mol. The van der Waals surface area contributed by atoms with E-state index in [2.05, 4.69) is 11.3 Å². The van der Waals surface area contributed by atoms with E-state index in [1.165, 1.54) is 6.92 Å². The minimum atomic E-state index is -4.05. The summed E-state index contributed by atoms with van der Waals surface area (Å²) < 4.78 is 32.9. The first-order valence-corrected chi connectivity index (χ1v) is 4.71. The van der Waals surface area contributed by atoms with Gasteiger partial charge < -0.3 is 4.74 Å². The van der Waals surface area contributed by atoms with Gasteiger partial charge in [-0.3, -0.25) is 4.55 Å². The van der Waals surface area contributed by atoms with Crippen molar-refractivity contribution in [3.8, 4) is 0 Å². The van der Waals surface area contributed by atoms with Gasteiger partial charge in [0.15, 0.2) is 0 Å². The zero-order valence-electron chi connectivity index (χ0n) is 7.32. The molecule has 0 atom stereocenters. The van der Waals surface area contributed by atoms with E-state index >= 15 is 0 Å². The number of carbonyl (C=O) groups excluding carboxylic acids is 1. The topological polar surface area (TPSA) is 80.7 Å². The van der Waals surface area contributed by atoms with Crippen molar-refractivity contribution < 1.29 is 22.5 Å². The second-order valence-electron chi connectivity index (χ2n) is 2.20. The summed E-state index contributed by atoms with van der Waals surface area (Å²) in [6, 6.07) is 0. The highest BCUT2D eigenvalue weighted by atomic mass is 32.2. The van der Waals surface area contributed by atoms with Crippen molar-refractivity contribution in [3.05, 3.63) is 12.2 Å². The molecule has 2 radical (unpaired) electrons. The first-order chi connectivity index (χ1) is 5.33. The average Bonchev–Trinajstić information content (AvgIpc) is 1.84. The number of rotatable bonds is 4. The standard InChI is InChI=1S/C6H10O5S.Mg/c1-5(2)6(7)11-3-4-12(8,9)10;/h1,3-4H2,2H3,(H,8,9,10);. The first-order valence-electron chi connectivity index (χ1n) is 3.11. The lowest BCUT2D eigenvalue weighted by molar-refractivity contribution is -0.138. The molecule has 0 bridgehead atoms. The van der Waals surface area contributed by atoms with Gasteiger partial charge in [0.25, 0.3) is 10.1 Å². The van der Waals surface area contributed by atoms with Crippen LogP contribution in [-0.4, -0.2) is 54.4 Å². The number of ether oxygens (including phenoxy) is 1. The van der Waals surface area contributed by atoms with Crippen molar-refractivity contribution in [2.24, 2.45) is 0 Å². The third-order valence-corrected chi connectivity index (χ3v) is 1.61. The van der Waals surface area contributed by atoms with Crippen LogP contribution in [0.3, 0.4) is 0 Å². The molecule has 1 N–H and O–H groups in total. The van der Waals surface area contributed by atoms with Gasteiger partial charge in [-0.2, -0.15) is 8.42 Å². The molecule has 0 aromatic carbocycles. The predicted molar refractivity (Wildman–Crippen MR) is 47.9 cm³/mol. The summed E-state index contributed by atoms with van der Waals surface area (Å²) in [5, 5.41) is 0. The Morgan fingerprint density at radius 3 is 2.31 bits per heavy atom. The van der Waals surface area contributed by atoms with Gasteiger partial charge in [-0.15, -0.1) is 0 Å². The van der Waals surface area contributed by atoms with E-state index in [-0.39, 0.29) is 35.2 Å². The molecule has 0 spiro atoms. The largest absolute Gasteiger partial charge is 0.461 e. The lowest BCUT2D eigenvalue weighted by Gasteiger charge is -2.01. The van der Waals surface area contributed by atoms with Crippen LogP contribution in [0.2, 0.25) is 0 Å². The molecule has 0 aliphatic rings. The van der Waals surface area contributed by atoms with Crippen molar-refractivity contribution in [1.29, 1.82) is 0 Å². The van der Waals surface area contributed by atoms with E-state index in [9.17, 15) is 13.2 Å². The van der Waals surface area contributed by atoms with Gasteiger partial charge in [-0.1, -0.05) is 6.58 Å². The van der Waals surface area contributed by atoms with Crippen LogP contribution in [0.25, 0.3) is 0 Å². The van der Waals surface area contributed by atoms with Gasteiger partial charge in [0, 0.05) is 28.6 Å². The van der Waals surface area contributed by atoms with Crippen LogP contribution in [-0.2, 0) is 19.6 Å². The maximum absolute atomic E-state index is 10.6. The Morgan fingerprint density at radius 1 is 1.54 bits per heavy atom. The smallest absolute Gasteiger partial charge is 0.333 e. The molecule has 72 valence electrons. The SMILES string of the molecule is C=C(C)C(=O)OCCS(=O)(=O)O.[Mg]. The van der Waals surface area contributed by atoms with Crippen LogP contribution in [0.1, 0.15) is 6.92 Å². The predicted octanol–water partition coefficient (Wildman–Crippen LogP) is -0.387. The maximum Gasteiger partial charge on any atom is 0.333 e. The van der Waals surface area contributed by atoms with E-state index in [0.717, 1.165) is 0 Å². The fourth-order valence-corrected chi connectivity index (χ4v) is 0.657.